The zero-order valence-electron chi connectivity index (χ0n) is 15.4. The van der Waals surface area contributed by atoms with Crippen LogP contribution in [0.4, 0.5) is 4.79 Å². The molecule has 1 aromatic carbocycles. The van der Waals surface area contributed by atoms with Crippen molar-refractivity contribution in [3.05, 3.63) is 35.9 Å². The van der Waals surface area contributed by atoms with Crippen LogP contribution in [0.15, 0.2) is 30.3 Å². The summed E-state index contributed by atoms with van der Waals surface area (Å²) < 4.78 is 9.69. The lowest BCUT2D eigenvalue weighted by Gasteiger charge is -2.25. The number of hydrogen-bond acceptors (Lipinski definition) is 5. The number of carbonyl (C=O) groups is 2. The summed E-state index contributed by atoms with van der Waals surface area (Å²) >= 11 is 0. The molecular formula is C19H30N2O4. The van der Waals surface area contributed by atoms with Gasteiger partial charge in [0.1, 0.15) is 12.2 Å². The average Bonchev–Trinajstić information content (AvgIpc) is 2.59. The molecule has 1 atom stereocenters. The number of nitrogens with one attached hydrogen (secondary N) is 2. The molecule has 0 bridgehead atoms. The summed E-state index contributed by atoms with van der Waals surface area (Å²) in [5, 5.41) is 6.15. The predicted molar refractivity (Wildman–Crippen MR) is 97.2 cm³/mol. The third-order valence-corrected chi connectivity index (χ3v) is 3.46. The summed E-state index contributed by atoms with van der Waals surface area (Å²) in [7, 11) is 0. The van der Waals surface area contributed by atoms with Crippen molar-refractivity contribution in [1.29, 1.82) is 0 Å². The second kappa shape index (κ2) is 11.5. The van der Waals surface area contributed by atoms with E-state index in [2.05, 4.69) is 15.4 Å². The van der Waals surface area contributed by atoms with Crippen molar-refractivity contribution in [2.24, 2.45) is 0 Å². The first-order valence-electron chi connectivity index (χ1n) is 8.70. The molecule has 0 aliphatic carbocycles. The van der Waals surface area contributed by atoms with Crippen molar-refractivity contribution in [1.82, 2.24) is 10.6 Å². The van der Waals surface area contributed by atoms with Gasteiger partial charge in [-0.05, 0) is 45.7 Å². The molecule has 6 nitrogen and oxygen atoms in total. The zero-order chi connectivity index (χ0) is 18.5. The van der Waals surface area contributed by atoms with E-state index < -0.39 is 5.60 Å². The Morgan fingerprint density at radius 1 is 1.28 bits per heavy atom. The van der Waals surface area contributed by atoms with E-state index in [1.165, 1.54) is 12.8 Å². The van der Waals surface area contributed by atoms with Crippen molar-refractivity contribution in [3.8, 4) is 0 Å². The van der Waals surface area contributed by atoms with Gasteiger partial charge in [0.05, 0.1) is 0 Å². The number of hydrogen-bond donors (Lipinski definition) is 2. The molecule has 1 aromatic rings. The maximum absolute atomic E-state index is 11.3. The third kappa shape index (κ3) is 11.2. The lowest BCUT2D eigenvalue weighted by molar-refractivity contribution is -0.129. The van der Waals surface area contributed by atoms with Gasteiger partial charge in [-0.25, -0.2) is 4.79 Å². The van der Waals surface area contributed by atoms with E-state index in [0.717, 1.165) is 18.5 Å². The summed E-state index contributed by atoms with van der Waals surface area (Å²) in [6, 6.07) is 9.95. The maximum Gasteiger partial charge on any atom is 0.407 e. The number of carbonyl (C=O) groups excluding carboxylic acids is 2. The Bertz CT molecular complexity index is 494. The Morgan fingerprint density at radius 2 is 2.00 bits per heavy atom. The molecule has 1 aliphatic heterocycles. The molecule has 0 aromatic heterocycles. The van der Waals surface area contributed by atoms with Crippen LogP contribution in [0, 0.1) is 0 Å². The van der Waals surface area contributed by atoms with Crippen molar-refractivity contribution < 1.29 is 19.1 Å². The molecular weight excluding hydrogens is 320 g/mol. The van der Waals surface area contributed by atoms with Gasteiger partial charge in [-0.2, -0.15) is 0 Å². The molecule has 2 N–H and O–H groups in total. The predicted octanol–water partition coefficient (Wildman–Crippen LogP) is 3.01. The molecule has 1 unspecified atom stereocenters. The van der Waals surface area contributed by atoms with Crippen LogP contribution in [-0.4, -0.2) is 37.3 Å². The van der Waals surface area contributed by atoms with Crippen LogP contribution in [0.5, 0.6) is 0 Å². The van der Waals surface area contributed by atoms with Crippen molar-refractivity contribution in [3.63, 3.8) is 0 Å². The van der Waals surface area contributed by atoms with Gasteiger partial charge in [0.25, 0.3) is 6.47 Å². The van der Waals surface area contributed by atoms with Crippen LogP contribution in [0.3, 0.4) is 0 Å². The van der Waals surface area contributed by atoms with Gasteiger partial charge in [0.15, 0.2) is 0 Å². The number of alkyl carbamates (subject to hydrolysis) is 1. The number of piperidine rings is 1. The van der Waals surface area contributed by atoms with Crippen LogP contribution in [0.25, 0.3) is 0 Å². The van der Waals surface area contributed by atoms with Crippen molar-refractivity contribution in [2.45, 2.75) is 58.3 Å². The van der Waals surface area contributed by atoms with E-state index in [-0.39, 0.29) is 6.09 Å². The molecule has 140 valence electrons. The molecule has 0 radical (unpaired) electrons. The molecule has 6 heteroatoms. The van der Waals surface area contributed by atoms with Gasteiger partial charge in [-0.3, -0.25) is 4.79 Å². The molecule has 0 spiro atoms. The largest absolute Gasteiger partial charge is 0.463 e. The first-order chi connectivity index (χ1) is 11.9. The first kappa shape index (κ1) is 21.0. The molecule has 1 heterocycles. The van der Waals surface area contributed by atoms with Gasteiger partial charge in [-0.1, -0.05) is 36.8 Å². The third-order valence-electron chi connectivity index (χ3n) is 3.46. The highest BCUT2D eigenvalue weighted by Crippen LogP contribution is 2.08. The highest BCUT2D eigenvalue weighted by atomic mass is 16.6. The van der Waals surface area contributed by atoms with E-state index >= 15 is 0 Å². The quantitative estimate of drug-likeness (QED) is 0.798. The van der Waals surface area contributed by atoms with Gasteiger partial charge < -0.3 is 20.1 Å². The summed E-state index contributed by atoms with van der Waals surface area (Å²) in [5.41, 5.74) is 0.596. The van der Waals surface area contributed by atoms with Gasteiger partial charge in [0, 0.05) is 12.6 Å². The molecule has 1 fully saturated rings. The molecule has 2 rings (SSSR count). The standard InChI is InChI=1S/C11H22N2O2.C8H8O2/c1-11(2,3)15-10(14)13-8-9-6-4-5-7-12-9;9-7-10-6-8-4-2-1-3-5-8/h9,12H,4-8H2,1-3H3,(H,13,14);1-5,7H,6H2. The Morgan fingerprint density at radius 3 is 2.56 bits per heavy atom. The summed E-state index contributed by atoms with van der Waals surface area (Å²) in [4.78, 5) is 21.1. The van der Waals surface area contributed by atoms with Crippen LogP contribution < -0.4 is 10.6 Å². The SMILES string of the molecule is CC(C)(C)OC(=O)NCC1CCCCN1.O=COCc1ccccc1. The first-order valence-corrected chi connectivity index (χ1v) is 8.70. The van der Waals surface area contributed by atoms with Gasteiger partial charge in [-0.15, -0.1) is 0 Å². The fourth-order valence-electron chi connectivity index (χ4n) is 2.32. The Balaban J connectivity index is 0.000000271. The molecule has 25 heavy (non-hydrogen) atoms. The Labute approximate surface area is 150 Å². The summed E-state index contributed by atoms with van der Waals surface area (Å²) in [5.74, 6) is 0. The van der Waals surface area contributed by atoms with Crippen molar-refractivity contribution in [2.75, 3.05) is 13.1 Å². The number of amides is 1. The van der Waals surface area contributed by atoms with E-state index in [0.29, 0.717) is 25.7 Å². The molecule has 1 saturated heterocycles. The van der Waals surface area contributed by atoms with Crippen LogP contribution in [-0.2, 0) is 20.9 Å². The average molecular weight is 350 g/mol. The fourth-order valence-corrected chi connectivity index (χ4v) is 2.32. The number of benzene rings is 1. The Hall–Kier alpha value is -2.08. The highest BCUT2D eigenvalue weighted by molar-refractivity contribution is 5.67. The second-order valence-corrected chi connectivity index (χ2v) is 6.92. The minimum absolute atomic E-state index is 0.324. The van der Waals surface area contributed by atoms with Gasteiger partial charge >= 0.3 is 6.09 Å². The van der Waals surface area contributed by atoms with Gasteiger partial charge in [0.2, 0.25) is 0 Å². The molecule has 1 aliphatic rings. The van der Waals surface area contributed by atoms with Crippen LogP contribution >= 0.6 is 0 Å². The summed E-state index contributed by atoms with van der Waals surface area (Å²) in [6.07, 6.45) is 3.29. The van der Waals surface area contributed by atoms with Crippen LogP contribution in [0.2, 0.25) is 0 Å². The monoisotopic (exact) mass is 350 g/mol. The fraction of sp³-hybridized carbons (Fsp3) is 0.579. The van der Waals surface area contributed by atoms with E-state index in [1.807, 2.05) is 51.1 Å². The lowest BCUT2D eigenvalue weighted by Crippen LogP contribution is -2.44. The maximum atomic E-state index is 11.3. The lowest BCUT2D eigenvalue weighted by atomic mass is 10.1. The van der Waals surface area contributed by atoms with E-state index in [9.17, 15) is 9.59 Å². The number of rotatable bonds is 5. The van der Waals surface area contributed by atoms with Crippen LogP contribution in [0.1, 0.15) is 45.6 Å². The van der Waals surface area contributed by atoms with E-state index in [1.54, 1.807) is 0 Å². The topological polar surface area (TPSA) is 76.7 Å². The number of ether oxygens (including phenoxy) is 2. The smallest absolute Gasteiger partial charge is 0.407 e. The molecule has 0 saturated carbocycles. The van der Waals surface area contributed by atoms with E-state index in [4.69, 9.17) is 4.74 Å². The normalized spacial score (nSPS) is 16.8. The summed E-state index contributed by atoms with van der Waals surface area (Å²) in [6.45, 7) is 8.13. The minimum Gasteiger partial charge on any atom is -0.463 e. The zero-order valence-corrected chi connectivity index (χ0v) is 15.4. The second-order valence-electron chi connectivity index (χ2n) is 6.92. The van der Waals surface area contributed by atoms with Crippen molar-refractivity contribution >= 4 is 12.6 Å². The Kier molecular flexibility index (Phi) is 9.62. The minimum atomic E-state index is -0.413. The highest BCUT2D eigenvalue weighted by Gasteiger charge is 2.18. The molecule has 1 amide bonds.